The lowest BCUT2D eigenvalue weighted by Gasteiger charge is -2.18. The van der Waals surface area contributed by atoms with Crippen molar-refractivity contribution < 1.29 is 9.53 Å². The number of rotatable bonds is 2. The first-order chi connectivity index (χ1) is 11.8. The Morgan fingerprint density at radius 3 is 3.00 bits per heavy atom. The van der Waals surface area contributed by atoms with Crippen molar-refractivity contribution in [2.75, 3.05) is 11.9 Å². The maximum Gasteiger partial charge on any atom is 0.319 e. The number of benzene rings is 2. The van der Waals surface area contributed by atoms with Gasteiger partial charge in [-0.3, -0.25) is 0 Å². The van der Waals surface area contributed by atoms with E-state index in [1.165, 1.54) is 16.7 Å². The maximum absolute atomic E-state index is 12.3. The van der Waals surface area contributed by atoms with Gasteiger partial charge in [0.1, 0.15) is 5.75 Å². The summed E-state index contributed by atoms with van der Waals surface area (Å²) in [5, 5.41) is 6.12. The average molecular weight is 320 g/mol. The number of amides is 2. The largest absolute Gasteiger partial charge is 0.493 e. The lowest BCUT2D eigenvalue weighted by Crippen LogP contribution is -2.33. The molecular weight excluding hydrogens is 300 g/mol. The first-order valence-electron chi connectivity index (χ1n) is 8.71. The first kappa shape index (κ1) is 13.9. The Morgan fingerprint density at radius 1 is 1.12 bits per heavy atom. The average Bonchev–Trinajstić information content (AvgIpc) is 3.11. The quantitative estimate of drug-likeness (QED) is 0.890. The van der Waals surface area contributed by atoms with Gasteiger partial charge in [0.2, 0.25) is 0 Å². The number of hydrogen-bond donors (Lipinski definition) is 2. The maximum atomic E-state index is 12.3. The molecule has 2 aromatic carbocycles. The van der Waals surface area contributed by atoms with E-state index >= 15 is 0 Å². The summed E-state index contributed by atoms with van der Waals surface area (Å²) in [5.74, 6) is 2.02. The molecule has 1 saturated carbocycles. The number of carbonyl (C=O) groups is 1. The van der Waals surface area contributed by atoms with E-state index in [-0.39, 0.29) is 12.1 Å². The Balaban J connectivity index is 1.24. The number of carbonyl (C=O) groups excluding carboxylic acids is 1. The smallest absolute Gasteiger partial charge is 0.319 e. The number of anilines is 1. The van der Waals surface area contributed by atoms with Crippen LogP contribution in [0, 0.1) is 5.92 Å². The van der Waals surface area contributed by atoms with Crippen LogP contribution in [0.1, 0.15) is 29.0 Å². The lowest BCUT2D eigenvalue weighted by atomic mass is 10.1. The second kappa shape index (κ2) is 5.26. The molecule has 4 heteroatoms. The van der Waals surface area contributed by atoms with Gasteiger partial charge in [-0.2, -0.15) is 0 Å². The first-order valence-corrected chi connectivity index (χ1v) is 8.71. The fourth-order valence-corrected chi connectivity index (χ4v) is 4.30. The van der Waals surface area contributed by atoms with E-state index in [1.54, 1.807) is 0 Å². The third-order valence-corrected chi connectivity index (χ3v) is 5.50. The van der Waals surface area contributed by atoms with Crippen LogP contribution < -0.4 is 15.4 Å². The molecule has 1 heterocycles. The van der Waals surface area contributed by atoms with Crippen molar-refractivity contribution in [3.8, 4) is 5.75 Å². The number of hydrogen-bond acceptors (Lipinski definition) is 2. The fourth-order valence-electron chi connectivity index (χ4n) is 4.30. The van der Waals surface area contributed by atoms with Crippen molar-refractivity contribution >= 4 is 11.7 Å². The molecule has 1 aliphatic heterocycles. The number of aryl methyl sites for hydroxylation is 1. The van der Waals surface area contributed by atoms with Crippen LogP contribution in [0.3, 0.4) is 0 Å². The zero-order valence-electron chi connectivity index (χ0n) is 13.4. The molecule has 0 saturated heterocycles. The number of fused-ring (bicyclic) bond motifs is 4. The van der Waals surface area contributed by atoms with Crippen LogP contribution in [0.2, 0.25) is 0 Å². The van der Waals surface area contributed by atoms with Crippen LogP contribution in [-0.2, 0) is 12.8 Å². The van der Waals surface area contributed by atoms with Crippen LogP contribution in [-0.4, -0.2) is 18.7 Å². The van der Waals surface area contributed by atoms with Gasteiger partial charge >= 0.3 is 6.03 Å². The molecule has 0 spiro atoms. The van der Waals surface area contributed by atoms with Gasteiger partial charge in [0, 0.05) is 17.6 Å². The molecule has 2 amide bonds. The Bertz CT molecular complexity index is 817. The van der Waals surface area contributed by atoms with Crippen LogP contribution >= 0.6 is 0 Å². The number of nitrogens with one attached hydrogen (secondary N) is 2. The minimum Gasteiger partial charge on any atom is -0.493 e. The summed E-state index contributed by atoms with van der Waals surface area (Å²) in [6.45, 7) is 0.784. The van der Waals surface area contributed by atoms with Gasteiger partial charge in [0.15, 0.2) is 0 Å². The van der Waals surface area contributed by atoms with Gasteiger partial charge in [-0.25, -0.2) is 4.79 Å². The Kier molecular flexibility index (Phi) is 3.05. The van der Waals surface area contributed by atoms with Gasteiger partial charge < -0.3 is 15.4 Å². The highest BCUT2D eigenvalue weighted by atomic mass is 16.5. The third kappa shape index (κ3) is 2.25. The molecule has 5 rings (SSSR count). The van der Waals surface area contributed by atoms with E-state index in [2.05, 4.69) is 34.9 Å². The Labute approximate surface area is 141 Å². The van der Waals surface area contributed by atoms with Crippen molar-refractivity contribution in [1.82, 2.24) is 5.32 Å². The standard InChI is InChI=1S/C20H20N2O2/c23-20(21-14-7-8-17-13(10-14)5-3-9-24-17)22-19-16-11-12-4-1-2-6-15(12)18(16)19/h1-2,4,6-8,10,16,18-19H,3,5,9,11H2,(H2,21,22,23). The van der Waals surface area contributed by atoms with Crippen molar-refractivity contribution in [3.05, 3.63) is 59.2 Å². The van der Waals surface area contributed by atoms with Gasteiger partial charge in [-0.05, 0) is 60.1 Å². The second-order valence-electron chi connectivity index (χ2n) is 6.99. The molecular formula is C20H20N2O2. The molecule has 122 valence electrons. The summed E-state index contributed by atoms with van der Waals surface area (Å²) in [7, 11) is 0. The molecule has 1 fully saturated rings. The van der Waals surface area contributed by atoms with Gasteiger partial charge in [0.25, 0.3) is 0 Å². The van der Waals surface area contributed by atoms with Crippen molar-refractivity contribution in [2.45, 2.75) is 31.2 Å². The molecule has 2 aromatic rings. The highest BCUT2D eigenvalue weighted by Crippen LogP contribution is 2.56. The monoisotopic (exact) mass is 320 g/mol. The fraction of sp³-hybridized carbons (Fsp3) is 0.350. The number of ether oxygens (including phenoxy) is 1. The normalized spacial score (nSPS) is 25.8. The summed E-state index contributed by atoms with van der Waals surface area (Å²) >= 11 is 0. The Morgan fingerprint density at radius 2 is 2.04 bits per heavy atom. The van der Waals surface area contributed by atoms with Crippen molar-refractivity contribution in [1.29, 1.82) is 0 Å². The van der Waals surface area contributed by atoms with Gasteiger partial charge in [0.05, 0.1) is 6.61 Å². The molecule has 3 aliphatic rings. The van der Waals surface area contributed by atoms with Crippen LogP contribution in [0.15, 0.2) is 42.5 Å². The predicted molar refractivity (Wildman–Crippen MR) is 92.6 cm³/mol. The highest BCUT2D eigenvalue weighted by molar-refractivity contribution is 5.90. The van der Waals surface area contributed by atoms with Gasteiger partial charge in [-0.1, -0.05) is 24.3 Å². The summed E-state index contributed by atoms with van der Waals surface area (Å²) in [5.41, 5.74) is 4.87. The SMILES string of the molecule is O=C(Nc1ccc2c(c1)CCCO2)NC1C2Cc3ccccc3C21. The van der Waals surface area contributed by atoms with Crippen molar-refractivity contribution in [3.63, 3.8) is 0 Å². The zero-order valence-corrected chi connectivity index (χ0v) is 13.4. The van der Waals surface area contributed by atoms with Gasteiger partial charge in [-0.15, -0.1) is 0 Å². The van der Waals surface area contributed by atoms with E-state index in [9.17, 15) is 4.79 Å². The summed E-state index contributed by atoms with van der Waals surface area (Å²) < 4.78 is 5.61. The predicted octanol–water partition coefficient (Wildman–Crippen LogP) is 3.47. The van der Waals surface area contributed by atoms with Crippen LogP contribution in [0.4, 0.5) is 10.5 Å². The minimum absolute atomic E-state index is 0.108. The molecule has 3 unspecified atom stereocenters. The molecule has 2 N–H and O–H groups in total. The molecule has 24 heavy (non-hydrogen) atoms. The lowest BCUT2D eigenvalue weighted by molar-refractivity contribution is 0.251. The third-order valence-electron chi connectivity index (χ3n) is 5.50. The zero-order chi connectivity index (χ0) is 16.1. The summed E-state index contributed by atoms with van der Waals surface area (Å²) in [4.78, 5) is 12.3. The summed E-state index contributed by atoms with van der Waals surface area (Å²) in [6, 6.07) is 14.6. The number of urea groups is 1. The van der Waals surface area contributed by atoms with Crippen molar-refractivity contribution in [2.24, 2.45) is 5.92 Å². The topological polar surface area (TPSA) is 50.4 Å². The molecule has 0 radical (unpaired) electrons. The molecule has 0 bridgehead atoms. The van der Waals surface area contributed by atoms with E-state index in [1.807, 2.05) is 18.2 Å². The van der Waals surface area contributed by atoms with Crippen LogP contribution in [0.25, 0.3) is 0 Å². The van der Waals surface area contributed by atoms with E-state index in [4.69, 9.17) is 4.74 Å². The van der Waals surface area contributed by atoms with E-state index < -0.39 is 0 Å². The second-order valence-corrected chi connectivity index (χ2v) is 6.99. The minimum atomic E-state index is -0.108. The molecule has 4 nitrogen and oxygen atoms in total. The van der Waals surface area contributed by atoms with E-state index in [0.29, 0.717) is 11.8 Å². The molecule has 2 aliphatic carbocycles. The Hall–Kier alpha value is -2.49. The highest BCUT2D eigenvalue weighted by Gasteiger charge is 2.56. The molecule has 3 atom stereocenters. The molecule has 0 aromatic heterocycles. The van der Waals surface area contributed by atoms with Crippen LogP contribution in [0.5, 0.6) is 5.75 Å². The summed E-state index contributed by atoms with van der Waals surface area (Å²) in [6.07, 6.45) is 3.13. The van der Waals surface area contributed by atoms with E-state index in [0.717, 1.165) is 37.3 Å².